The predicted octanol–water partition coefficient (Wildman–Crippen LogP) is 2.49. The second-order valence-corrected chi connectivity index (χ2v) is 5.65. The summed E-state index contributed by atoms with van der Waals surface area (Å²) in [6, 6.07) is 4.33. The van der Waals surface area contributed by atoms with Crippen LogP contribution in [0.1, 0.15) is 25.3 Å². The maximum Gasteiger partial charge on any atom is 0.326 e. The first-order valence-corrected chi connectivity index (χ1v) is 7.21. The maximum atomic E-state index is 12.2. The minimum atomic E-state index is -1.00. The van der Waals surface area contributed by atoms with Gasteiger partial charge in [-0.3, -0.25) is 4.79 Å². The molecule has 0 saturated heterocycles. The Hall–Kier alpha value is -1.75. The average molecular weight is 312 g/mol. The minimum Gasteiger partial charge on any atom is -0.484 e. The van der Waals surface area contributed by atoms with Crippen molar-refractivity contribution in [2.24, 2.45) is 0 Å². The van der Waals surface area contributed by atoms with E-state index in [1.54, 1.807) is 18.2 Å². The lowest BCUT2D eigenvalue weighted by Gasteiger charge is -2.26. The summed E-state index contributed by atoms with van der Waals surface area (Å²) >= 11 is 5.92. The Morgan fingerprint density at radius 1 is 1.48 bits per heavy atom. The van der Waals surface area contributed by atoms with Crippen molar-refractivity contribution in [3.05, 3.63) is 28.8 Å². The van der Waals surface area contributed by atoms with E-state index in [1.807, 2.05) is 6.92 Å². The van der Waals surface area contributed by atoms with E-state index in [4.69, 9.17) is 21.4 Å². The van der Waals surface area contributed by atoms with Crippen molar-refractivity contribution < 1.29 is 19.4 Å². The second kappa shape index (κ2) is 6.35. The molecule has 21 heavy (non-hydrogen) atoms. The third-order valence-corrected chi connectivity index (χ3v) is 3.92. The molecule has 1 aromatic rings. The molecule has 1 fully saturated rings. The van der Waals surface area contributed by atoms with Crippen LogP contribution in [0.2, 0.25) is 5.02 Å². The lowest BCUT2D eigenvalue weighted by Crippen LogP contribution is -2.46. The number of halogens is 1. The highest BCUT2D eigenvalue weighted by molar-refractivity contribution is 6.31. The normalized spacial score (nSPS) is 15.4. The number of ether oxygens (including phenoxy) is 1. The molecule has 2 rings (SSSR count). The summed E-state index contributed by atoms with van der Waals surface area (Å²) in [4.78, 5) is 24.7. The summed E-state index contributed by atoms with van der Waals surface area (Å²) in [6.45, 7) is 3.19. The van der Waals surface area contributed by atoms with Crippen LogP contribution in [-0.4, -0.2) is 40.6 Å². The summed E-state index contributed by atoms with van der Waals surface area (Å²) in [6.07, 6.45) is 1.70. The molecule has 1 aliphatic carbocycles. The molecule has 1 amide bonds. The first-order chi connectivity index (χ1) is 9.90. The molecule has 0 bridgehead atoms. The molecule has 0 spiro atoms. The van der Waals surface area contributed by atoms with Gasteiger partial charge < -0.3 is 14.7 Å². The molecule has 1 unspecified atom stereocenters. The third-order valence-electron chi connectivity index (χ3n) is 3.49. The SMILES string of the molecule is Cc1cc(OCC(=O)N(C2CC2)C(C)C(=O)O)ccc1Cl. The zero-order valence-corrected chi connectivity index (χ0v) is 12.8. The Labute approximate surface area is 128 Å². The van der Waals surface area contributed by atoms with Gasteiger partial charge in [-0.25, -0.2) is 4.79 Å². The van der Waals surface area contributed by atoms with Crippen molar-refractivity contribution in [1.82, 2.24) is 4.90 Å². The van der Waals surface area contributed by atoms with E-state index >= 15 is 0 Å². The van der Waals surface area contributed by atoms with Crippen LogP contribution in [0.5, 0.6) is 5.75 Å². The maximum absolute atomic E-state index is 12.2. The zero-order valence-electron chi connectivity index (χ0n) is 12.0. The van der Waals surface area contributed by atoms with Crippen LogP contribution in [-0.2, 0) is 9.59 Å². The third kappa shape index (κ3) is 3.88. The van der Waals surface area contributed by atoms with Crippen LogP contribution >= 0.6 is 11.6 Å². The molecule has 1 atom stereocenters. The molecule has 0 aromatic heterocycles. The summed E-state index contributed by atoms with van der Waals surface area (Å²) in [5.41, 5.74) is 0.861. The Kier molecular flexibility index (Phi) is 4.73. The standard InChI is InChI=1S/C15H18ClNO4/c1-9-7-12(5-6-13(9)16)21-8-14(18)17(11-3-4-11)10(2)15(19)20/h5-7,10-11H,3-4,8H2,1-2H3,(H,19,20). The number of amides is 1. The summed E-state index contributed by atoms with van der Waals surface area (Å²) in [5.74, 6) is -0.762. The van der Waals surface area contributed by atoms with E-state index in [0.717, 1.165) is 18.4 Å². The number of benzene rings is 1. The van der Waals surface area contributed by atoms with Crippen LogP contribution in [0.4, 0.5) is 0 Å². The van der Waals surface area contributed by atoms with Gasteiger partial charge in [-0.1, -0.05) is 11.6 Å². The largest absolute Gasteiger partial charge is 0.484 e. The van der Waals surface area contributed by atoms with Crippen molar-refractivity contribution in [2.75, 3.05) is 6.61 Å². The van der Waals surface area contributed by atoms with Crippen LogP contribution in [0.3, 0.4) is 0 Å². The van der Waals surface area contributed by atoms with E-state index in [1.165, 1.54) is 11.8 Å². The van der Waals surface area contributed by atoms with Crippen LogP contribution in [0.25, 0.3) is 0 Å². The van der Waals surface area contributed by atoms with E-state index in [-0.39, 0.29) is 18.6 Å². The van der Waals surface area contributed by atoms with Gasteiger partial charge in [0.05, 0.1) is 0 Å². The number of carbonyl (C=O) groups excluding carboxylic acids is 1. The number of carboxylic acids is 1. The first kappa shape index (κ1) is 15.6. The molecule has 1 N–H and O–H groups in total. The second-order valence-electron chi connectivity index (χ2n) is 5.25. The number of rotatable bonds is 6. The summed E-state index contributed by atoms with van der Waals surface area (Å²) in [5, 5.41) is 9.71. The number of hydrogen-bond acceptors (Lipinski definition) is 3. The van der Waals surface area contributed by atoms with Gasteiger partial charge in [-0.05, 0) is 50.5 Å². The van der Waals surface area contributed by atoms with Gasteiger partial charge >= 0.3 is 5.97 Å². The molecule has 0 aliphatic heterocycles. The molecule has 0 radical (unpaired) electrons. The number of aryl methyl sites for hydroxylation is 1. The topological polar surface area (TPSA) is 66.8 Å². The molecular weight excluding hydrogens is 294 g/mol. The van der Waals surface area contributed by atoms with Crippen LogP contribution < -0.4 is 4.74 Å². The van der Waals surface area contributed by atoms with Crippen molar-refractivity contribution in [3.63, 3.8) is 0 Å². The Morgan fingerprint density at radius 3 is 2.67 bits per heavy atom. The fourth-order valence-electron chi connectivity index (χ4n) is 2.13. The van der Waals surface area contributed by atoms with Crippen molar-refractivity contribution >= 4 is 23.5 Å². The fourth-order valence-corrected chi connectivity index (χ4v) is 2.25. The summed E-state index contributed by atoms with van der Waals surface area (Å²) in [7, 11) is 0. The van der Waals surface area contributed by atoms with Crippen molar-refractivity contribution in [2.45, 2.75) is 38.8 Å². The molecule has 1 saturated carbocycles. The fraction of sp³-hybridized carbons (Fsp3) is 0.467. The number of carboxylic acid groups (broad SMARTS) is 1. The molecule has 0 heterocycles. The lowest BCUT2D eigenvalue weighted by atomic mass is 10.2. The van der Waals surface area contributed by atoms with Gasteiger partial charge in [0.15, 0.2) is 6.61 Å². The number of carbonyl (C=O) groups is 2. The van der Waals surface area contributed by atoms with Gasteiger partial charge in [-0.2, -0.15) is 0 Å². The van der Waals surface area contributed by atoms with Gasteiger partial charge in [0, 0.05) is 11.1 Å². The molecular formula is C15H18ClNO4. The van der Waals surface area contributed by atoms with E-state index in [9.17, 15) is 9.59 Å². The van der Waals surface area contributed by atoms with E-state index in [2.05, 4.69) is 0 Å². The Balaban J connectivity index is 1.99. The summed E-state index contributed by atoms with van der Waals surface area (Å²) < 4.78 is 5.45. The number of aliphatic carboxylic acids is 1. The van der Waals surface area contributed by atoms with Crippen molar-refractivity contribution in [1.29, 1.82) is 0 Å². The molecule has 6 heteroatoms. The molecule has 1 aromatic carbocycles. The van der Waals surface area contributed by atoms with E-state index < -0.39 is 12.0 Å². The van der Waals surface area contributed by atoms with Gasteiger partial charge in [0.2, 0.25) is 0 Å². The zero-order chi connectivity index (χ0) is 15.6. The molecule has 114 valence electrons. The first-order valence-electron chi connectivity index (χ1n) is 6.83. The predicted molar refractivity (Wildman–Crippen MR) is 78.6 cm³/mol. The average Bonchev–Trinajstić information content (AvgIpc) is 3.24. The Bertz CT molecular complexity index is 557. The molecule has 5 nitrogen and oxygen atoms in total. The lowest BCUT2D eigenvalue weighted by molar-refractivity contribution is -0.150. The highest BCUT2D eigenvalue weighted by Crippen LogP contribution is 2.29. The minimum absolute atomic E-state index is 0.0270. The van der Waals surface area contributed by atoms with Crippen LogP contribution in [0, 0.1) is 6.92 Å². The number of nitrogens with zero attached hydrogens (tertiary/aromatic N) is 1. The van der Waals surface area contributed by atoms with Gasteiger partial charge in [0.1, 0.15) is 11.8 Å². The highest BCUT2D eigenvalue weighted by atomic mass is 35.5. The van der Waals surface area contributed by atoms with E-state index in [0.29, 0.717) is 10.8 Å². The smallest absolute Gasteiger partial charge is 0.326 e. The quantitative estimate of drug-likeness (QED) is 0.876. The van der Waals surface area contributed by atoms with Gasteiger partial charge in [-0.15, -0.1) is 0 Å². The Morgan fingerprint density at radius 2 is 2.14 bits per heavy atom. The number of hydrogen-bond donors (Lipinski definition) is 1. The van der Waals surface area contributed by atoms with Crippen molar-refractivity contribution in [3.8, 4) is 5.75 Å². The van der Waals surface area contributed by atoms with Crippen LogP contribution in [0.15, 0.2) is 18.2 Å². The molecule has 1 aliphatic rings. The van der Waals surface area contributed by atoms with Gasteiger partial charge in [0.25, 0.3) is 5.91 Å². The monoisotopic (exact) mass is 311 g/mol. The highest BCUT2D eigenvalue weighted by Gasteiger charge is 2.38.